The minimum absolute atomic E-state index is 0.120. The van der Waals surface area contributed by atoms with Crippen LogP contribution in [0.15, 0.2) is 42.5 Å². The number of hydrogen-bond donors (Lipinski definition) is 2. The lowest BCUT2D eigenvalue weighted by atomic mass is 10.1. The summed E-state index contributed by atoms with van der Waals surface area (Å²) in [5.41, 5.74) is 0.932. The van der Waals surface area contributed by atoms with Gasteiger partial charge in [-0.1, -0.05) is 12.1 Å². The molecule has 1 aliphatic rings. The van der Waals surface area contributed by atoms with Crippen molar-refractivity contribution >= 4 is 23.0 Å². The number of aromatic hydroxyl groups is 1. The summed E-state index contributed by atoms with van der Waals surface area (Å²) >= 11 is 0. The fraction of sp³-hybridized carbons (Fsp3) is 0.350. The highest BCUT2D eigenvalue weighted by Gasteiger charge is 2.27. The number of hydrogen-bond acceptors (Lipinski definition) is 7. The van der Waals surface area contributed by atoms with Gasteiger partial charge in [-0.05, 0) is 25.1 Å². The first-order valence-electron chi connectivity index (χ1n) is 9.31. The molecule has 0 radical (unpaired) electrons. The highest BCUT2D eigenvalue weighted by molar-refractivity contribution is 5.96. The van der Waals surface area contributed by atoms with Crippen LogP contribution in [-0.2, 0) is 4.79 Å². The van der Waals surface area contributed by atoms with Gasteiger partial charge in [0.25, 0.3) is 5.69 Å². The summed E-state index contributed by atoms with van der Waals surface area (Å²) in [5.74, 6) is 0.338. The number of piperazine rings is 1. The van der Waals surface area contributed by atoms with Crippen LogP contribution in [0.1, 0.15) is 6.92 Å². The largest absolute Gasteiger partial charge is 0.506 e. The molecule has 0 spiro atoms. The van der Waals surface area contributed by atoms with E-state index in [1.165, 1.54) is 25.3 Å². The number of carbonyl (C=O) groups excluding carboxylic acids is 1. The van der Waals surface area contributed by atoms with Crippen molar-refractivity contribution in [1.82, 2.24) is 4.90 Å². The molecule has 1 heterocycles. The number of nitrogens with zero attached hydrogens (tertiary/aromatic N) is 3. The summed E-state index contributed by atoms with van der Waals surface area (Å²) in [7, 11) is 1.44. The number of rotatable bonds is 6. The quantitative estimate of drug-likeness (QED) is 0.566. The van der Waals surface area contributed by atoms with Crippen molar-refractivity contribution in [3.05, 3.63) is 52.6 Å². The Bertz CT molecular complexity index is 896. The average molecular weight is 400 g/mol. The molecule has 0 aliphatic carbocycles. The van der Waals surface area contributed by atoms with Crippen LogP contribution in [0, 0.1) is 10.1 Å². The number of amides is 1. The van der Waals surface area contributed by atoms with Gasteiger partial charge in [0, 0.05) is 38.3 Å². The molecule has 29 heavy (non-hydrogen) atoms. The Kier molecular flexibility index (Phi) is 6.18. The number of para-hydroxylation sites is 2. The maximum absolute atomic E-state index is 12.7. The van der Waals surface area contributed by atoms with Gasteiger partial charge >= 0.3 is 0 Å². The molecule has 9 nitrogen and oxygen atoms in total. The third-order valence-corrected chi connectivity index (χ3v) is 5.12. The Labute approximate surface area is 168 Å². The van der Waals surface area contributed by atoms with Crippen LogP contribution in [0.25, 0.3) is 0 Å². The van der Waals surface area contributed by atoms with Gasteiger partial charge in [-0.2, -0.15) is 0 Å². The number of carbonyl (C=O) groups is 1. The molecule has 154 valence electrons. The number of non-ortho nitro benzene ring substituents is 1. The summed E-state index contributed by atoms with van der Waals surface area (Å²) in [6, 6.07) is 10.8. The monoisotopic (exact) mass is 400 g/mol. The van der Waals surface area contributed by atoms with E-state index in [-0.39, 0.29) is 23.0 Å². The summed E-state index contributed by atoms with van der Waals surface area (Å²) in [6.07, 6.45) is 0. The zero-order chi connectivity index (χ0) is 21.0. The number of ether oxygens (including phenoxy) is 1. The third kappa shape index (κ3) is 4.57. The molecule has 2 N–H and O–H groups in total. The molecule has 1 fully saturated rings. The van der Waals surface area contributed by atoms with E-state index in [2.05, 4.69) is 10.2 Å². The van der Waals surface area contributed by atoms with Gasteiger partial charge < -0.3 is 20.1 Å². The van der Waals surface area contributed by atoms with E-state index in [9.17, 15) is 20.0 Å². The molecule has 0 unspecified atom stereocenters. The predicted molar refractivity (Wildman–Crippen MR) is 110 cm³/mol. The summed E-state index contributed by atoms with van der Waals surface area (Å²) in [5, 5.41) is 23.8. The van der Waals surface area contributed by atoms with Crippen LogP contribution in [0.3, 0.4) is 0 Å². The molecule has 2 aromatic rings. The van der Waals surface area contributed by atoms with Crippen LogP contribution in [0.2, 0.25) is 0 Å². The van der Waals surface area contributed by atoms with E-state index in [1.807, 2.05) is 17.0 Å². The van der Waals surface area contributed by atoms with Crippen LogP contribution in [-0.4, -0.2) is 60.2 Å². The smallest absolute Gasteiger partial charge is 0.271 e. The van der Waals surface area contributed by atoms with Crippen molar-refractivity contribution in [2.24, 2.45) is 0 Å². The van der Waals surface area contributed by atoms with Crippen molar-refractivity contribution in [3.8, 4) is 11.5 Å². The number of anilines is 2. The third-order valence-electron chi connectivity index (χ3n) is 5.12. The first kappa shape index (κ1) is 20.4. The molecule has 9 heteroatoms. The number of phenolic OH excluding ortho intramolecular Hbond substituents is 1. The van der Waals surface area contributed by atoms with Crippen LogP contribution in [0.5, 0.6) is 11.5 Å². The summed E-state index contributed by atoms with van der Waals surface area (Å²) in [4.78, 5) is 27.4. The van der Waals surface area contributed by atoms with Crippen LogP contribution >= 0.6 is 0 Å². The number of nitro groups is 1. The fourth-order valence-electron chi connectivity index (χ4n) is 3.39. The Hall–Kier alpha value is -3.33. The number of methoxy groups -OCH3 is 1. The van der Waals surface area contributed by atoms with Crippen molar-refractivity contribution in [2.75, 3.05) is 43.5 Å². The van der Waals surface area contributed by atoms with Crippen molar-refractivity contribution in [3.63, 3.8) is 0 Å². The number of nitrogens with one attached hydrogen (secondary N) is 1. The molecular weight excluding hydrogens is 376 g/mol. The predicted octanol–water partition coefficient (Wildman–Crippen LogP) is 2.46. The second-order valence-electron chi connectivity index (χ2n) is 6.82. The zero-order valence-electron chi connectivity index (χ0n) is 16.4. The van der Waals surface area contributed by atoms with Gasteiger partial charge in [0.1, 0.15) is 11.5 Å². The zero-order valence-corrected chi connectivity index (χ0v) is 16.4. The maximum atomic E-state index is 12.7. The molecular formula is C20H24N4O5. The number of nitro benzene ring substituents is 1. The highest BCUT2D eigenvalue weighted by Crippen LogP contribution is 2.30. The van der Waals surface area contributed by atoms with E-state index >= 15 is 0 Å². The Morgan fingerprint density at radius 3 is 2.52 bits per heavy atom. The van der Waals surface area contributed by atoms with Crippen LogP contribution < -0.4 is 15.0 Å². The highest BCUT2D eigenvalue weighted by atomic mass is 16.6. The first-order chi connectivity index (χ1) is 13.9. The first-order valence-corrected chi connectivity index (χ1v) is 9.31. The Morgan fingerprint density at radius 1 is 1.21 bits per heavy atom. The van der Waals surface area contributed by atoms with Crippen molar-refractivity contribution < 1.29 is 19.6 Å². The summed E-state index contributed by atoms with van der Waals surface area (Å²) in [6.45, 7) is 4.45. The minimum Gasteiger partial charge on any atom is -0.506 e. The molecule has 1 saturated heterocycles. The number of phenols is 1. The van der Waals surface area contributed by atoms with Gasteiger partial charge in [-0.25, -0.2) is 0 Å². The van der Waals surface area contributed by atoms with Crippen molar-refractivity contribution in [2.45, 2.75) is 13.0 Å². The van der Waals surface area contributed by atoms with E-state index in [0.717, 1.165) is 5.69 Å². The maximum Gasteiger partial charge on any atom is 0.271 e. The van der Waals surface area contributed by atoms with Gasteiger partial charge in [-0.15, -0.1) is 0 Å². The molecule has 1 atom stereocenters. The van der Waals surface area contributed by atoms with E-state index in [1.54, 1.807) is 19.1 Å². The average Bonchev–Trinajstić information content (AvgIpc) is 2.73. The van der Waals surface area contributed by atoms with Crippen LogP contribution in [0.4, 0.5) is 17.1 Å². The lowest BCUT2D eigenvalue weighted by Gasteiger charge is -2.38. The number of benzene rings is 2. The standard InChI is InChI=1S/C20H24N4O5/c1-14(20(26)21-16-13-15(24(27)28)7-8-19(16)29-2)22-9-11-23(12-10-22)17-5-3-4-6-18(17)25/h3-8,13-14,25H,9-12H2,1-2H3,(H,21,26)/t14-/m0/s1. The van der Waals surface area contributed by atoms with Gasteiger partial charge in [0.2, 0.25) is 5.91 Å². The second-order valence-corrected chi connectivity index (χ2v) is 6.82. The second kappa shape index (κ2) is 8.78. The molecule has 1 aliphatic heterocycles. The van der Waals surface area contributed by atoms with Gasteiger partial charge in [-0.3, -0.25) is 19.8 Å². The molecule has 3 rings (SSSR count). The summed E-state index contributed by atoms with van der Waals surface area (Å²) < 4.78 is 5.20. The molecule has 2 aromatic carbocycles. The molecule has 0 saturated carbocycles. The normalized spacial score (nSPS) is 15.6. The van der Waals surface area contributed by atoms with E-state index in [4.69, 9.17) is 4.74 Å². The lowest BCUT2D eigenvalue weighted by Crippen LogP contribution is -2.52. The SMILES string of the molecule is COc1ccc([N+](=O)[O-])cc1NC(=O)[C@H](C)N1CCN(c2ccccc2O)CC1. The Balaban J connectivity index is 1.64. The molecule has 0 aromatic heterocycles. The minimum atomic E-state index is -0.517. The van der Waals surface area contributed by atoms with E-state index in [0.29, 0.717) is 31.9 Å². The fourth-order valence-corrected chi connectivity index (χ4v) is 3.39. The van der Waals surface area contributed by atoms with Crippen molar-refractivity contribution in [1.29, 1.82) is 0 Å². The van der Waals surface area contributed by atoms with E-state index < -0.39 is 11.0 Å². The Morgan fingerprint density at radius 2 is 1.90 bits per heavy atom. The van der Waals surface area contributed by atoms with Gasteiger partial charge in [0.15, 0.2) is 0 Å². The topological polar surface area (TPSA) is 108 Å². The molecule has 1 amide bonds. The van der Waals surface area contributed by atoms with Gasteiger partial charge in [0.05, 0.1) is 29.4 Å². The lowest BCUT2D eigenvalue weighted by molar-refractivity contribution is -0.384. The molecule has 0 bridgehead atoms.